The molecule has 1 unspecified atom stereocenters. The molecule has 1 fully saturated rings. The van der Waals surface area contributed by atoms with Crippen LogP contribution in [0, 0.1) is 0 Å². The van der Waals surface area contributed by atoms with E-state index < -0.39 is 5.60 Å². The smallest absolute Gasteiger partial charge is 0.0795 e. The Morgan fingerprint density at radius 1 is 1.43 bits per heavy atom. The molecule has 3 nitrogen and oxygen atoms in total. The lowest BCUT2D eigenvalue weighted by Gasteiger charge is -2.40. The molecule has 0 spiro atoms. The van der Waals surface area contributed by atoms with Gasteiger partial charge in [0.15, 0.2) is 0 Å². The van der Waals surface area contributed by atoms with Crippen molar-refractivity contribution < 1.29 is 5.11 Å². The van der Waals surface area contributed by atoms with E-state index in [2.05, 4.69) is 24.1 Å². The topological polar surface area (TPSA) is 35.5 Å². The molecule has 84 valence electrons. The molecule has 2 N–H and O–H groups in total. The lowest BCUT2D eigenvalue weighted by atomic mass is 9.90. The van der Waals surface area contributed by atoms with E-state index in [4.69, 9.17) is 0 Å². The normalized spacial score (nSPS) is 24.9. The molecule has 0 amide bonds. The van der Waals surface area contributed by atoms with Crippen molar-refractivity contribution >= 4 is 0 Å². The highest BCUT2D eigenvalue weighted by Gasteiger charge is 2.32. The highest BCUT2D eigenvalue weighted by atomic mass is 16.3. The van der Waals surface area contributed by atoms with Crippen molar-refractivity contribution in [1.82, 2.24) is 10.2 Å². The minimum absolute atomic E-state index is 0.460. The van der Waals surface area contributed by atoms with Crippen molar-refractivity contribution in [3.63, 3.8) is 0 Å². The minimum atomic E-state index is -0.460. The van der Waals surface area contributed by atoms with Crippen LogP contribution in [0.4, 0.5) is 0 Å². The summed E-state index contributed by atoms with van der Waals surface area (Å²) >= 11 is 0. The number of likely N-dealkylation sites (tertiary alicyclic amines) is 1. The second kappa shape index (κ2) is 5.10. The van der Waals surface area contributed by atoms with Crippen LogP contribution < -0.4 is 5.32 Å². The third-order valence-electron chi connectivity index (χ3n) is 3.45. The summed E-state index contributed by atoms with van der Waals surface area (Å²) in [6.45, 7) is 7.28. The van der Waals surface area contributed by atoms with Crippen LogP contribution in [0.25, 0.3) is 0 Å². The molecule has 0 bridgehead atoms. The molecule has 1 atom stereocenters. The Labute approximate surface area is 87.5 Å². The summed E-state index contributed by atoms with van der Waals surface area (Å²) in [6.07, 6.45) is 3.00. The highest BCUT2D eigenvalue weighted by Crippen LogP contribution is 2.23. The van der Waals surface area contributed by atoms with Crippen LogP contribution in [0.2, 0.25) is 0 Å². The molecule has 0 aromatic rings. The summed E-state index contributed by atoms with van der Waals surface area (Å²) in [5.41, 5.74) is -0.460. The zero-order chi connectivity index (χ0) is 10.6. The number of nitrogens with one attached hydrogen (secondary N) is 1. The first-order valence-electron chi connectivity index (χ1n) is 5.72. The Morgan fingerprint density at radius 2 is 2.00 bits per heavy atom. The van der Waals surface area contributed by atoms with Gasteiger partial charge in [0.25, 0.3) is 0 Å². The van der Waals surface area contributed by atoms with E-state index in [1.807, 2.05) is 7.05 Å². The second-order valence-corrected chi connectivity index (χ2v) is 4.55. The molecule has 0 aliphatic carbocycles. The van der Waals surface area contributed by atoms with E-state index in [0.29, 0.717) is 6.04 Å². The largest absolute Gasteiger partial charge is 0.388 e. The Balaban J connectivity index is 2.37. The highest BCUT2D eigenvalue weighted by molar-refractivity contribution is 4.88. The predicted octanol–water partition coefficient (Wildman–Crippen LogP) is 0.831. The molecule has 1 saturated heterocycles. The molecule has 0 aromatic carbocycles. The average molecular weight is 200 g/mol. The van der Waals surface area contributed by atoms with Crippen molar-refractivity contribution in [3.8, 4) is 0 Å². The van der Waals surface area contributed by atoms with Gasteiger partial charge < -0.3 is 15.3 Å². The van der Waals surface area contributed by atoms with Gasteiger partial charge in [-0.3, -0.25) is 0 Å². The Bertz CT molecular complexity index is 165. The molecule has 0 saturated carbocycles. The summed E-state index contributed by atoms with van der Waals surface area (Å²) in [5, 5.41) is 13.2. The average Bonchev–Trinajstić information content (AvgIpc) is 2.18. The molecule has 14 heavy (non-hydrogen) atoms. The number of hydrogen-bond donors (Lipinski definition) is 2. The molecule has 1 heterocycles. The van der Waals surface area contributed by atoms with Gasteiger partial charge in [0, 0.05) is 25.7 Å². The maximum atomic E-state index is 10.2. The Hall–Kier alpha value is -0.120. The van der Waals surface area contributed by atoms with Crippen LogP contribution >= 0.6 is 0 Å². The summed E-state index contributed by atoms with van der Waals surface area (Å²) in [6, 6.07) is 0.661. The van der Waals surface area contributed by atoms with E-state index >= 15 is 0 Å². The first kappa shape index (κ1) is 12.0. The molecule has 0 aromatic heterocycles. The minimum Gasteiger partial charge on any atom is -0.388 e. The first-order valence-corrected chi connectivity index (χ1v) is 5.72. The van der Waals surface area contributed by atoms with Crippen molar-refractivity contribution in [2.24, 2.45) is 0 Å². The van der Waals surface area contributed by atoms with Crippen LogP contribution in [0.1, 0.15) is 33.1 Å². The van der Waals surface area contributed by atoms with Crippen LogP contribution in [0.15, 0.2) is 0 Å². The summed E-state index contributed by atoms with van der Waals surface area (Å²) in [5.74, 6) is 0. The van der Waals surface area contributed by atoms with Gasteiger partial charge >= 0.3 is 0 Å². The SMILES string of the molecule is CCC(C)N1CCC(O)(CNC)CC1. The van der Waals surface area contributed by atoms with Crippen molar-refractivity contribution in [1.29, 1.82) is 0 Å². The predicted molar refractivity (Wildman–Crippen MR) is 59.4 cm³/mol. The zero-order valence-corrected chi connectivity index (χ0v) is 9.71. The van der Waals surface area contributed by atoms with Gasteiger partial charge in [0.1, 0.15) is 0 Å². The third-order valence-corrected chi connectivity index (χ3v) is 3.45. The van der Waals surface area contributed by atoms with Gasteiger partial charge in [-0.1, -0.05) is 6.92 Å². The molecule has 1 aliphatic heterocycles. The maximum Gasteiger partial charge on any atom is 0.0795 e. The number of rotatable bonds is 4. The lowest BCUT2D eigenvalue weighted by Crippen LogP contribution is -2.51. The third kappa shape index (κ3) is 2.94. The number of piperidine rings is 1. The van der Waals surface area contributed by atoms with Crippen molar-refractivity contribution in [3.05, 3.63) is 0 Å². The molecule has 1 rings (SSSR count). The Kier molecular flexibility index (Phi) is 4.35. The van der Waals surface area contributed by atoms with Gasteiger partial charge in [0.2, 0.25) is 0 Å². The van der Waals surface area contributed by atoms with Crippen LogP contribution in [0.3, 0.4) is 0 Å². The summed E-state index contributed by atoms with van der Waals surface area (Å²) < 4.78 is 0. The fourth-order valence-electron chi connectivity index (χ4n) is 2.15. The fourth-order valence-corrected chi connectivity index (χ4v) is 2.15. The summed E-state index contributed by atoms with van der Waals surface area (Å²) in [7, 11) is 1.90. The number of nitrogens with zero attached hydrogens (tertiary/aromatic N) is 1. The van der Waals surface area contributed by atoms with Gasteiger partial charge in [-0.05, 0) is 33.2 Å². The Morgan fingerprint density at radius 3 is 2.43 bits per heavy atom. The number of hydrogen-bond acceptors (Lipinski definition) is 3. The van der Waals surface area contributed by atoms with E-state index in [1.54, 1.807) is 0 Å². The van der Waals surface area contributed by atoms with E-state index in [9.17, 15) is 5.11 Å². The second-order valence-electron chi connectivity index (χ2n) is 4.55. The van der Waals surface area contributed by atoms with E-state index in [-0.39, 0.29) is 0 Å². The first-order chi connectivity index (χ1) is 6.61. The van der Waals surface area contributed by atoms with Crippen molar-refractivity contribution in [2.75, 3.05) is 26.7 Å². The monoisotopic (exact) mass is 200 g/mol. The zero-order valence-electron chi connectivity index (χ0n) is 9.71. The maximum absolute atomic E-state index is 10.2. The molecule has 0 radical (unpaired) electrons. The van der Waals surface area contributed by atoms with Gasteiger partial charge in [-0.2, -0.15) is 0 Å². The van der Waals surface area contributed by atoms with Gasteiger partial charge in [0.05, 0.1) is 5.60 Å². The lowest BCUT2D eigenvalue weighted by molar-refractivity contribution is -0.0270. The quantitative estimate of drug-likeness (QED) is 0.705. The van der Waals surface area contributed by atoms with Crippen LogP contribution in [0.5, 0.6) is 0 Å². The number of aliphatic hydroxyl groups is 1. The van der Waals surface area contributed by atoms with Gasteiger partial charge in [-0.15, -0.1) is 0 Å². The fraction of sp³-hybridized carbons (Fsp3) is 1.00. The molecule has 1 aliphatic rings. The van der Waals surface area contributed by atoms with Crippen molar-refractivity contribution in [2.45, 2.75) is 44.8 Å². The summed E-state index contributed by atoms with van der Waals surface area (Å²) in [4.78, 5) is 2.48. The van der Waals surface area contributed by atoms with Crippen LogP contribution in [-0.4, -0.2) is 48.3 Å². The molecular weight excluding hydrogens is 176 g/mol. The molecule has 3 heteroatoms. The van der Waals surface area contributed by atoms with E-state index in [0.717, 1.165) is 32.5 Å². The number of likely N-dealkylation sites (N-methyl/N-ethyl adjacent to an activating group) is 1. The van der Waals surface area contributed by atoms with E-state index in [1.165, 1.54) is 6.42 Å². The molecular formula is C11H24N2O. The van der Waals surface area contributed by atoms with Crippen LogP contribution in [-0.2, 0) is 0 Å². The van der Waals surface area contributed by atoms with Gasteiger partial charge in [-0.25, -0.2) is 0 Å². The standard InChI is InChI=1S/C11H24N2O/c1-4-10(2)13-7-5-11(14,6-8-13)9-12-3/h10,12,14H,4-9H2,1-3H3.